The van der Waals surface area contributed by atoms with E-state index in [-0.39, 0.29) is 0 Å². The van der Waals surface area contributed by atoms with Gasteiger partial charge in [-0.3, -0.25) is 0 Å². The van der Waals surface area contributed by atoms with Gasteiger partial charge in [0.25, 0.3) is 0 Å². The van der Waals surface area contributed by atoms with Gasteiger partial charge >= 0.3 is 0 Å². The molecule has 0 amide bonds. The SMILES string of the molecule is CCO[SiH2]NCCC=C(C)CC(C)C. The molecule has 0 spiro atoms. The highest BCUT2D eigenvalue weighted by atomic mass is 28.2. The zero-order valence-electron chi connectivity index (χ0n) is 10.1. The summed E-state index contributed by atoms with van der Waals surface area (Å²) in [5.41, 5.74) is 1.51. The highest BCUT2D eigenvalue weighted by molar-refractivity contribution is 6.23. The smallest absolute Gasteiger partial charge is 0.235 e. The fraction of sp³-hybridized carbons (Fsp3) is 0.818. The molecule has 3 heteroatoms. The maximum Gasteiger partial charge on any atom is 0.235 e. The van der Waals surface area contributed by atoms with Crippen LogP contribution in [-0.4, -0.2) is 23.1 Å². The van der Waals surface area contributed by atoms with Crippen LogP contribution in [0.15, 0.2) is 11.6 Å². The summed E-state index contributed by atoms with van der Waals surface area (Å²) in [4.78, 5) is 3.37. The summed E-state index contributed by atoms with van der Waals surface area (Å²) in [5.74, 6) is 0.775. The van der Waals surface area contributed by atoms with E-state index in [2.05, 4.69) is 31.8 Å². The van der Waals surface area contributed by atoms with Crippen molar-refractivity contribution in [3.05, 3.63) is 11.6 Å². The molecule has 0 aliphatic rings. The predicted octanol–water partition coefficient (Wildman–Crippen LogP) is 1.99. The standard InChI is InChI=1S/C11H25NOSi/c1-5-13-14-12-8-6-7-11(4)9-10(2)3/h7,10,12H,5-6,8-9,14H2,1-4H3. The molecule has 0 heterocycles. The van der Waals surface area contributed by atoms with Crippen LogP contribution in [0.5, 0.6) is 0 Å². The van der Waals surface area contributed by atoms with Gasteiger partial charge in [0.2, 0.25) is 9.92 Å². The van der Waals surface area contributed by atoms with Crippen LogP contribution in [0, 0.1) is 5.92 Å². The van der Waals surface area contributed by atoms with E-state index in [9.17, 15) is 0 Å². The third kappa shape index (κ3) is 9.96. The Morgan fingerprint density at radius 1 is 1.50 bits per heavy atom. The number of hydrogen-bond acceptors (Lipinski definition) is 2. The predicted molar refractivity (Wildman–Crippen MR) is 66.0 cm³/mol. The van der Waals surface area contributed by atoms with Crippen LogP contribution < -0.4 is 4.98 Å². The monoisotopic (exact) mass is 215 g/mol. The number of hydrogen-bond donors (Lipinski definition) is 1. The van der Waals surface area contributed by atoms with Gasteiger partial charge in [-0.1, -0.05) is 25.5 Å². The fourth-order valence-corrected chi connectivity index (χ4v) is 2.09. The normalized spacial score (nSPS) is 13.4. The Hall–Kier alpha value is -0.123. The lowest BCUT2D eigenvalue weighted by molar-refractivity contribution is 0.353. The van der Waals surface area contributed by atoms with Gasteiger partial charge in [0, 0.05) is 6.61 Å². The molecule has 0 saturated heterocycles. The Bertz CT molecular complexity index is 157. The summed E-state index contributed by atoms with van der Waals surface area (Å²) in [6.45, 7) is 10.7. The Balaban J connectivity index is 3.32. The van der Waals surface area contributed by atoms with Crippen molar-refractivity contribution in [3.63, 3.8) is 0 Å². The Morgan fingerprint density at radius 3 is 2.79 bits per heavy atom. The van der Waals surface area contributed by atoms with Gasteiger partial charge in [-0.15, -0.1) is 0 Å². The molecule has 0 fully saturated rings. The van der Waals surface area contributed by atoms with Crippen molar-refractivity contribution in [1.29, 1.82) is 0 Å². The summed E-state index contributed by atoms with van der Waals surface area (Å²) in [5, 5.41) is 0. The second kappa shape index (κ2) is 9.43. The molecule has 0 aromatic carbocycles. The summed E-state index contributed by atoms with van der Waals surface area (Å²) in [6.07, 6.45) is 4.70. The first-order chi connectivity index (χ1) is 6.66. The van der Waals surface area contributed by atoms with Crippen molar-refractivity contribution in [2.24, 2.45) is 5.92 Å². The van der Waals surface area contributed by atoms with Gasteiger partial charge in [-0.05, 0) is 39.2 Å². The summed E-state index contributed by atoms with van der Waals surface area (Å²) >= 11 is 0. The second-order valence-electron chi connectivity index (χ2n) is 4.07. The fourth-order valence-electron chi connectivity index (χ4n) is 1.39. The van der Waals surface area contributed by atoms with Crippen molar-refractivity contribution < 1.29 is 4.43 Å². The van der Waals surface area contributed by atoms with Crippen LogP contribution in [0.4, 0.5) is 0 Å². The quantitative estimate of drug-likeness (QED) is 0.380. The molecule has 0 aliphatic carbocycles. The number of rotatable bonds is 8. The van der Waals surface area contributed by atoms with E-state index in [0.717, 1.165) is 25.5 Å². The molecule has 14 heavy (non-hydrogen) atoms. The van der Waals surface area contributed by atoms with E-state index in [1.54, 1.807) is 0 Å². The van der Waals surface area contributed by atoms with Crippen LogP contribution in [0.3, 0.4) is 0 Å². The average molecular weight is 215 g/mol. The first kappa shape index (κ1) is 13.9. The van der Waals surface area contributed by atoms with Crippen molar-refractivity contribution in [2.75, 3.05) is 13.2 Å². The van der Waals surface area contributed by atoms with E-state index < -0.39 is 9.92 Å². The molecule has 0 aliphatic heterocycles. The minimum Gasteiger partial charge on any atom is -0.409 e. The molecule has 0 aromatic rings. The molecule has 0 bridgehead atoms. The van der Waals surface area contributed by atoms with Crippen molar-refractivity contribution in [1.82, 2.24) is 4.98 Å². The van der Waals surface area contributed by atoms with Crippen LogP contribution in [0.2, 0.25) is 0 Å². The lowest BCUT2D eigenvalue weighted by Crippen LogP contribution is -2.22. The molecular formula is C11H25NOSi. The first-order valence-electron chi connectivity index (χ1n) is 5.60. The van der Waals surface area contributed by atoms with Crippen molar-refractivity contribution in [3.8, 4) is 0 Å². The van der Waals surface area contributed by atoms with E-state index in [1.807, 2.05) is 6.92 Å². The van der Waals surface area contributed by atoms with Crippen LogP contribution in [0.25, 0.3) is 0 Å². The molecule has 0 aromatic heterocycles. The van der Waals surface area contributed by atoms with Gasteiger partial charge < -0.3 is 9.41 Å². The highest BCUT2D eigenvalue weighted by Gasteiger charge is 1.94. The molecule has 84 valence electrons. The maximum absolute atomic E-state index is 5.31. The molecule has 0 atom stereocenters. The third-order valence-corrected chi connectivity index (χ3v) is 3.12. The van der Waals surface area contributed by atoms with Crippen LogP contribution in [-0.2, 0) is 4.43 Å². The maximum atomic E-state index is 5.31. The van der Waals surface area contributed by atoms with Crippen LogP contribution >= 0.6 is 0 Å². The van der Waals surface area contributed by atoms with Gasteiger partial charge in [0.1, 0.15) is 0 Å². The van der Waals surface area contributed by atoms with Crippen molar-refractivity contribution >= 4 is 9.92 Å². The Morgan fingerprint density at radius 2 is 2.21 bits per heavy atom. The average Bonchev–Trinajstić information content (AvgIpc) is 2.10. The van der Waals surface area contributed by atoms with Gasteiger partial charge in [0.05, 0.1) is 0 Å². The minimum absolute atomic E-state index is 0.435. The zero-order chi connectivity index (χ0) is 10.8. The lowest BCUT2D eigenvalue weighted by Gasteiger charge is -2.05. The Kier molecular flexibility index (Phi) is 9.35. The molecule has 0 rings (SSSR count). The summed E-state index contributed by atoms with van der Waals surface area (Å²) in [6, 6.07) is 0. The minimum atomic E-state index is -0.435. The van der Waals surface area contributed by atoms with Crippen molar-refractivity contribution in [2.45, 2.75) is 40.5 Å². The summed E-state index contributed by atoms with van der Waals surface area (Å²) < 4.78 is 5.31. The molecule has 0 radical (unpaired) electrons. The van der Waals surface area contributed by atoms with Crippen LogP contribution in [0.1, 0.15) is 40.5 Å². The zero-order valence-corrected chi connectivity index (χ0v) is 11.5. The molecule has 0 saturated carbocycles. The highest BCUT2D eigenvalue weighted by Crippen LogP contribution is 2.09. The van der Waals surface area contributed by atoms with E-state index >= 15 is 0 Å². The molecule has 1 N–H and O–H groups in total. The van der Waals surface area contributed by atoms with Gasteiger partial charge in [-0.25, -0.2) is 0 Å². The Labute approximate surface area is 91.1 Å². The first-order valence-corrected chi connectivity index (χ1v) is 6.89. The van der Waals surface area contributed by atoms with E-state index in [1.165, 1.54) is 12.0 Å². The van der Waals surface area contributed by atoms with Gasteiger partial charge in [0.15, 0.2) is 0 Å². The second-order valence-corrected chi connectivity index (χ2v) is 5.27. The van der Waals surface area contributed by atoms with Gasteiger partial charge in [-0.2, -0.15) is 0 Å². The number of nitrogens with one attached hydrogen (secondary N) is 1. The molecule has 0 unspecified atom stereocenters. The molecule has 2 nitrogen and oxygen atoms in total. The molecular weight excluding hydrogens is 190 g/mol. The van der Waals surface area contributed by atoms with E-state index in [4.69, 9.17) is 4.43 Å². The third-order valence-electron chi connectivity index (χ3n) is 1.95. The van der Waals surface area contributed by atoms with E-state index in [0.29, 0.717) is 0 Å². The number of allylic oxidation sites excluding steroid dienone is 1. The topological polar surface area (TPSA) is 21.3 Å². The largest absolute Gasteiger partial charge is 0.409 e. The lowest BCUT2D eigenvalue weighted by atomic mass is 10.0. The summed E-state index contributed by atoms with van der Waals surface area (Å²) in [7, 11) is -0.435.